The minimum absolute atomic E-state index is 0.0205. The van der Waals surface area contributed by atoms with E-state index in [0.717, 1.165) is 19.3 Å². The van der Waals surface area contributed by atoms with Gasteiger partial charge >= 0.3 is 23.9 Å². The Kier molecular flexibility index (Phi) is 3.20. The molecule has 0 amide bonds. The molecule has 0 radical (unpaired) electrons. The van der Waals surface area contributed by atoms with Crippen LogP contribution in [0.1, 0.15) is 26.2 Å². The highest BCUT2D eigenvalue weighted by Crippen LogP contribution is 2.93. The molecule has 0 N–H and O–H groups in total. The maximum atomic E-state index is 14.2. The van der Waals surface area contributed by atoms with Crippen molar-refractivity contribution < 1.29 is 38.1 Å². The molecule has 0 aromatic heterocycles. The van der Waals surface area contributed by atoms with Crippen molar-refractivity contribution in [3.05, 3.63) is 0 Å². The lowest BCUT2D eigenvalue weighted by Gasteiger charge is -2.78. The lowest BCUT2D eigenvalue weighted by atomic mass is 9.46. The summed E-state index contributed by atoms with van der Waals surface area (Å²) in [5.41, 5.74) is -7.32. The summed E-state index contributed by atoms with van der Waals surface area (Å²) in [6.45, 7) is 2.93. The smallest absolute Gasteiger partial charge is 0.333 e. The number of esters is 4. The Hall–Kier alpha value is -2.28. The van der Waals surface area contributed by atoms with E-state index in [4.69, 9.17) is 18.9 Å². The Balaban J connectivity index is 1.60. The molecule has 35 heavy (non-hydrogen) atoms. The second kappa shape index (κ2) is 5.36. The van der Waals surface area contributed by atoms with Gasteiger partial charge in [-0.05, 0) is 25.2 Å². The van der Waals surface area contributed by atoms with Gasteiger partial charge < -0.3 is 18.9 Å². The summed E-state index contributed by atoms with van der Waals surface area (Å²) in [6, 6.07) is -0.724. The van der Waals surface area contributed by atoms with Crippen molar-refractivity contribution in [1.82, 2.24) is 20.0 Å². The van der Waals surface area contributed by atoms with E-state index in [1.54, 1.807) is 5.12 Å². The van der Waals surface area contributed by atoms with Gasteiger partial charge in [-0.1, -0.05) is 6.92 Å². The van der Waals surface area contributed by atoms with Gasteiger partial charge in [0.1, 0.15) is 0 Å². The molecule has 10 aliphatic rings. The van der Waals surface area contributed by atoms with Crippen molar-refractivity contribution in [3.63, 3.8) is 0 Å². The number of ether oxygens (including phenoxy) is 4. The standard InChI is InChI=1S/C23H28N4O8/c1-19-10-6-7-11-14(19)24-9-8-12(19)26-20(15(28)32-2)13(10)25(11)22(17(30)34-4)21(20,16(29)33-3)23(22,27(24)26)18(31)35-5/h10-14H,6-9H2,1-5H3. The predicted molar refractivity (Wildman–Crippen MR) is 112 cm³/mol. The van der Waals surface area contributed by atoms with Gasteiger partial charge in [0, 0.05) is 36.1 Å². The number of carbonyl (C=O) groups is 4. The van der Waals surface area contributed by atoms with E-state index in [9.17, 15) is 19.2 Å². The first-order chi connectivity index (χ1) is 16.7. The van der Waals surface area contributed by atoms with Crippen LogP contribution in [0, 0.1) is 16.7 Å². The fourth-order valence-electron chi connectivity index (χ4n) is 11.4. The monoisotopic (exact) mass is 488 g/mol. The average Bonchev–Trinajstić information content (AvgIpc) is 3.27. The second-order valence-electron chi connectivity index (χ2n) is 11.4. The van der Waals surface area contributed by atoms with Crippen molar-refractivity contribution in [3.8, 4) is 0 Å². The number of hydrogen-bond donors (Lipinski definition) is 0. The fourth-order valence-corrected chi connectivity index (χ4v) is 11.4. The van der Waals surface area contributed by atoms with Crippen molar-refractivity contribution in [1.29, 1.82) is 0 Å². The fraction of sp³-hybridized carbons (Fsp3) is 0.826. The van der Waals surface area contributed by atoms with Crippen LogP contribution in [0.5, 0.6) is 0 Å². The molecule has 8 heterocycles. The number of nitrogens with zero attached hydrogens (tertiary/aromatic N) is 4. The van der Waals surface area contributed by atoms with Gasteiger partial charge in [0.15, 0.2) is 22.0 Å². The Morgan fingerprint density at radius 3 is 2.03 bits per heavy atom. The van der Waals surface area contributed by atoms with Crippen LogP contribution in [-0.4, -0.2) is 120 Å². The summed E-state index contributed by atoms with van der Waals surface area (Å²) in [6.07, 6.45) is 2.44. The maximum Gasteiger partial charge on any atom is 0.333 e. The minimum atomic E-state index is -1.90. The molecule has 0 spiro atoms. The Morgan fingerprint density at radius 2 is 1.40 bits per heavy atom. The maximum absolute atomic E-state index is 14.2. The zero-order valence-corrected chi connectivity index (χ0v) is 20.3. The number of fused-ring (bicyclic) bond motifs is 3. The summed E-state index contributed by atoms with van der Waals surface area (Å²) in [7, 11) is 5.02. The molecule has 188 valence electrons. The summed E-state index contributed by atoms with van der Waals surface area (Å²) in [5, 5.41) is 5.87. The highest BCUT2D eigenvalue weighted by atomic mass is 16.6. The van der Waals surface area contributed by atoms with Gasteiger partial charge in [0.2, 0.25) is 0 Å². The van der Waals surface area contributed by atoms with E-state index in [-0.39, 0.29) is 29.5 Å². The molecule has 0 aromatic rings. The lowest BCUT2D eigenvalue weighted by Crippen LogP contribution is -2.93. The van der Waals surface area contributed by atoms with E-state index in [2.05, 4.69) is 11.9 Å². The molecule has 10 fully saturated rings. The van der Waals surface area contributed by atoms with Gasteiger partial charge in [-0.3, -0.25) is 9.69 Å². The molecule has 12 nitrogen and oxygen atoms in total. The second-order valence-corrected chi connectivity index (χ2v) is 11.4. The van der Waals surface area contributed by atoms with Crippen molar-refractivity contribution in [2.24, 2.45) is 16.7 Å². The van der Waals surface area contributed by atoms with Crippen LogP contribution in [0.3, 0.4) is 0 Å². The molecular weight excluding hydrogens is 460 g/mol. The Labute approximate surface area is 201 Å². The zero-order chi connectivity index (χ0) is 24.7. The topological polar surface area (TPSA) is 118 Å². The summed E-state index contributed by atoms with van der Waals surface area (Å²) >= 11 is 0. The normalized spacial score (nSPS) is 56.9. The van der Waals surface area contributed by atoms with Crippen molar-refractivity contribution >= 4 is 23.9 Å². The third kappa shape index (κ3) is 1.28. The van der Waals surface area contributed by atoms with Crippen LogP contribution in [0.4, 0.5) is 0 Å². The van der Waals surface area contributed by atoms with Crippen LogP contribution < -0.4 is 0 Å². The molecular formula is C23H28N4O8. The number of methoxy groups -OCH3 is 4. The van der Waals surface area contributed by atoms with Gasteiger partial charge in [-0.15, -0.1) is 0 Å². The number of hydrogen-bond acceptors (Lipinski definition) is 12. The summed E-state index contributed by atoms with van der Waals surface area (Å²) in [4.78, 5) is 58.6. The third-order valence-electron chi connectivity index (χ3n) is 11.6. The zero-order valence-electron chi connectivity index (χ0n) is 20.3. The summed E-state index contributed by atoms with van der Waals surface area (Å²) < 4.78 is 21.7. The molecule has 8 saturated heterocycles. The minimum Gasteiger partial charge on any atom is -0.468 e. The lowest BCUT2D eigenvalue weighted by molar-refractivity contribution is -0.400. The van der Waals surface area contributed by atoms with E-state index in [1.807, 2.05) is 9.91 Å². The largest absolute Gasteiger partial charge is 0.468 e. The van der Waals surface area contributed by atoms with Gasteiger partial charge in [-0.25, -0.2) is 24.4 Å². The molecule has 8 aliphatic heterocycles. The summed E-state index contributed by atoms with van der Waals surface area (Å²) in [5.74, 6) is -2.87. The number of carbonyl (C=O) groups excluding carboxylic acids is 4. The molecule has 10 rings (SSSR count). The molecule has 7 bridgehead atoms. The first kappa shape index (κ1) is 20.9. The molecule has 2 saturated carbocycles. The first-order valence-corrected chi connectivity index (χ1v) is 12.2. The van der Waals surface area contributed by atoms with Crippen LogP contribution >= 0.6 is 0 Å². The molecule has 11 atom stereocenters. The highest BCUT2D eigenvalue weighted by molar-refractivity contribution is 6.20. The molecule has 11 unspecified atom stereocenters. The first-order valence-electron chi connectivity index (χ1n) is 12.2. The van der Waals surface area contributed by atoms with Crippen molar-refractivity contribution in [2.75, 3.05) is 35.0 Å². The van der Waals surface area contributed by atoms with Gasteiger partial charge in [-0.2, -0.15) is 5.12 Å². The quantitative estimate of drug-likeness (QED) is 0.331. The van der Waals surface area contributed by atoms with E-state index >= 15 is 0 Å². The molecule has 0 aromatic carbocycles. The third-order valence-corrected chi connectivity index (χ3v) is 11.6. The molecule has 2 aliphatic carbocycles. The van der Waals surface area contributed by atoms with Gasteiger partial charge in [0.05, 0.1) is 28.4 Å². The Morgan fingerprint density at radius 1 is 0.771 bits per heavy atom. The van der Waals surface area contributed by atoms with E-state index in [1.165, 1.54) is 28.4 Å². The SMILES string of the molecule is COC(=O)C12C3C4CCC5C6N7CCC(N1N7C1(C(=O)OC)C(C(=O)OC)(N53)C21C(=O)OC)C46C. The van der Waals surface area contributed by atoms with E-state index < -0.39 is 52.0 Å². The molecule has 12 heteroatoms. The van der Waals surface area contributed by atoms with Crippen LogP contribution in [0.15, 0.2) is 0 Å². The number of rotatable bonds is 4. The number of piperidine rings is 5. The highest BCUT2D eigenvalue weighted by Gasteiger charge is 3.20. The van der Waals surface area contributed by atoms with Crippen LogP contribution in [-0.2, 0) is 38.1 Å². The average molecular weight is 488 g/mol. The van der Waals surface area contributed by atoms with Crippen LogP contribution in [0.2, 0.25) is 0 Å². The Bertz CT molecular complexity index is 1110. The van der Waals surface area contributed by atoms with Gasteiger partial charge in [0.25, 0.3) is 0 Å². The number of hydrazine groups is 2. The van der Waals surface area contributed by atoms with Crippen LogP contribution in [0.25, 0.3) is 0 Å². The van der Waals surface area contributed by atoms with E-state index in [0.29, 0.717) is 6.54 Å². The predicted octanol–water partition coefficient (Wildman–Crippen LogP) is -1.70. The van der Waals surface area contributed by atoms with Crippen molar-refractivity contribution in [2.45, 2.75) is 67.0 Å².